The first kappa shape index (κ1) is 12.2. The van der Waals surface area contributed by atoms with Crippen molar-refractivity contribution in [1.82, 2.24) is 5.32 Å². The van der Waals surface area contributed by atoms with Crippen molar-refractivity contribution in [2.75, 3.05) is 0 Å². The monoisotopic (exact) mass is 189 g/mol. The molecule has 0 aliphatic heterocycles. The molecule has 4 nitrogen and oxygen atoms in total. The van der Waals surface area contributed by atoms with Crippen LogP contribution in [-0.4, -0.2) is 28.9 Å². The number of aliphatic hydroxyl groups is 1. The molecule has 0 aliphatic carbocycles. The van der Waals surface area contributed by atoms with Gasteiger partial charge in [0.05, 0.1) is 12.1 Å². The van der Waals surface area contributed by atoms with E-state index in [1.807, 2.05) is 0 Å². The Labute approximate surface area is 79.3 Å². The van der Waals surface area contributed by atoms with Crippen molar-refractivity contribution >= 4 is 6.09 Å². The van der Waals surface area contributed by atoms with Crippen LogP contribution < -0.4 is 5.32 Å². The number of amides is 1. The molecular weight excluding hydrogens is 170 g/mol. The van der Waals surface area contributed by atoms with E-state index in [0.29, 0.717) is 0 Å². The van der Waals surface area contributed by atoms with E-state index < -0.39 is 17.8 Å². The Hall–Kier alpha value is -0.770. The van der Waals surface area contributed by atoms with Crippen LogP contribution >= 0.6 is 0 Å². The van der Waals surface area contributed by atoms with E-state index in [0.717, 1.165) is 0 Å². The van der Waals surface area contributed by atoms with Gasteiger partial charge in [0.1, 0.15) is 5.60 Å². The minimum absolute atomic E-state index is 0.296. The maximum atomic E-state index is 11.1. The van der Waals surface area contributed by atoms with Gasteiger partial charge in [0.25, 0.3) is 0 Å². The Morgan fingerprint density at radius 3 is 2.15 bits per heavy atom. The summed E-state index contributed by atoms with van der Waals surface area (Å²) in [7, 11) is 0. The van der Waals surface area contributed by atoms with Crippen molar-refractivity contribution in [3.8, 4) is 0 Å². The van der Waals surface area contributed by atoms with Gasteiger partial charge in [-0.3, -0.25) is 0 Å². The SMILES string of the molecule is C[C@H](NC(=O)OC(C)(C)C)[C@@H](C)O. The number of aliphatic hydroxyl groups excluding tert-OH is 1. The molecular formula is C9H19NO3. The van der Waals surface area contributed by atoms with E-state index >= 15 is 0 Å². The highest BCUT2D eigenvalue weighted by molar-refractivity contribution is 5.68. The van der Waals surface area contributed by atoms with Crippen LogP contribution in [-0.2, 0) is 4.74 Å². The number of rotatable bonds is 2. The van der Waals surface area contributed by atoms with E-state index in [-0.39, 0.29) is 6.04 Å². The Morgan fingerprint density at radius 1 is 1.38 bits per heavy atom. The summed E-state index contributed by atoms with van der Waals surface area (Å²) in [5, 5.41) is 11.6. The molecule has 0 aromatic carbocycles. The molecule has 0 heterocycles. The summed E-state index contributed by atoms with van der Waals surface area (Å²) in [4.78, 5) is 11.1. The predicted molar refractivity (Wildman–Crippen MR) is 50.5 cm³/mol. The fraction of sp³-hybridized carbons (Fsp3) is 0.889. The fourth-order valence-corrected chi connectivity index (χ4v) is 0.614. The van der Waals surface area contributed by atoms with Crippen LogP contribution in [0.1, 0.15) is 34.6 Å². The van der Waals surface area contributed by atoms with Gasteiger partial charge in [-0.05, 0) is 34.6 Å². The lowest BCUT2D eigenvalue weighted by Gasteiger charge is -2.22. The molecule has 0 saturated heterocycles. The number of nitrogens with one attached hydrogen (secondary N) is 1. The van der Waals surface area contributed by atoms with Crippen LogP contribution in [0.15, 0.2) is 0 Å². The minimum atomic E-state index is -0.576. The number of carbonyl (C=O) groups is 1. The molecule has 0 rings (SSSR count). The number of hydrogen-bond acceptors (Lipinski definition) is 3. The normalized spacial score (nSPS) is 16.2. The lowest BCUT2D eigenvalue weighted by Crippen LogP contribution is -2.42. The first-order chi connectivity index (χ1) is 5.72. The zero-order chi connectivity index (χ0) is 10.6. The number of alkyl carbamates (subject to hydrolysis) is 1. The predicted octanol–water partition coefficient (Wildman–Crippen LogP) is 1.28. The third-order valence-electron chi connectivity index (χ3n) is 1.47. The Kier molecular flexibility index (Phi) is 4.20. The van der Waals surface area contributed by atoms with Gasteiger partial charge < -0.3 is 15.2 Å². The average Bonchev–Trinajstić information content (AvgIpc) is 1.81. The van der Waals surface area contributed by atoms with E-state index in [9.17, 15) is 4.79 Å². The first-order valence-electron chi connectivity index (χ1n) is 4.40. The molecule has 0 aromatic heterocycles. The van der Waals surface area contributed by atoms with Crippen LogP contribution in [0.25, 0.3) is 0 Å². The summed E-state index contributed by atoms with van der Waals surface area (Å²) < 4.78 is 5.00. The summed E-state index contributed by atoms with van der Waals surface area (Å²) >= 11 is 0. The Morgan fingerprint density at radius 2 is 1.85 bits per heavy atom. The highest BCUT2D eigenvalue weighted by Gasteiger charge is 2.18. The van der Waals surface area contributed by atoms with Crippen molar-refractivity contribution in [3.05, 3.63) is 0 Å². The lowest BCUT2D eigenvalue weighted by molar-refractivity contribution is 0.0450. The second-order valence-corrected chi connectivity index (χ2v) is 4.18. The Bertz CT molecular complexity index is 172. The molecule has 1 amide bonds. The lowest BCUT2D eigenvalue weighted by atomic mass is 10.2. The number of ether oxygens (including phenoxy) is 1. The van der Waals surface area contributed by atoms with Crippen LogP contribution in [0.3, 0.4) is 0 Å². The average molecular weight is 189 g/mol. The highest BCUT2D eigenvalue weighted by atomic mass is 16.6. The van der Waals surface area contributed by atoms with Crippen LogP contribution in [0.2, 0.25) is 0 Å². The van der Waals surface area contributed by atoms with Gasteiger partial charge in [-0.2, -0.15) is 0 Å². The molecule has 2 atom stereocenters. The number of hydrogen-bond donors (Lipinski definition) is 2. The van der Waals surface area contributed by atoms with Gasteiger partial charge in [-0.25, -0.2) is 4.79 Å². The third kappa shape index (κ3) is 6.40. The molecule has 0 aliphatic rings. The fourth-order valence-electron chi connectivity index (χ4n) is 0.614. The van der Waals surface area contributed by atoms with Crippen LogP contribution in [0.5, 0.6) is 0 Å². The zero-order valence-corrected chi connectivity index (χ0v) is 8.92. The second-order valence-electron chi connectivity index (χ2n) is 4.18. The molecule has 0 spiro atoms. The van der Waals surface area contributed by atoms with Crippen LogP contribution in [0, 0.1) is 0 Å². The van der Waals surface area contributed by atoms with E-state index in [1.54, 1.807) is 34.6 Å². The summed E-state index contributed by atoms with van der Waals surface area (Å²) in [5.74, 6) is 0. The van der Waals surface area contributed by atoms with Crippen molar-refractivity contribution in [2.45, 2.75) is 52.4 Å². The van der Waals surface area contributed by atoms with Gasteiger partial charge in [0.15, 0.2) is 0 Å². The minimum Gasteiger partial charge on any atom is -0.444 e. The smallest absolute Gasteiger partial charge is 0.407 e. The molecule has 0 fully saturated rings. The van der Waals surface area contributed by atoms with E-state index in [1.165, 1.54) is 0 Å². The van der Waals surface area contributed by atoms with Gasteiger partial charge >= 0.3 is 6.09 Å². The molecule has 2 N–H and O–H groups in total. The van der Waals surface area contributed by atoms with E-state index in [2.05, 4.69) is 5.32 Å². The van der Waals surface area contributed by atoms with Crippen molar-refractivity contribution in [3.63, 3.8) is 0 Å². The maximum absolute atomic E-state index is 11.1. The second kappa shape index (κ2) is 4.46. The quantitative estimate of drug-likeness (QED) is 0.688. The van der Waals surface area contributed by atoms with Gasteiger partial charge in [-0.1, -0.05) is 0 Å². The first-order valence-corrected chi connectivity index (χ1v) is 4.40. The van der Waals surface area contributed by atoms with Crippen molar-refractivity contribution in [2.24, 2.45) is 0 Å². The number of carbonyl (C=O) groups excluding carboxylic acids is 1. The van der Waals surface area contributed by atoms with Gasteiger partial charge in [-0.15, -0.1) is 0 Å². The van der Waals surface area contributed by atoms with Crippen LogP contribution in [0.4, 0.5) is 4.79 Å². The maximum Gasteiger partial charge on any atom is 0.407 e. The van der Waals surface area contributed by atoms with Gasteiger partial charge in [0, 0.05) is 0 Å². The summed E-state index contributed by atoms with van der Waals surface area (Å²) in [6.07, 6.45) is -1.08. The summed E-state index contributed by atoms with van der Waals surface area (Å²) in [6, 6.07) is -0.296. The molecule has 0 aromatic rings. The molecule has 0 unspecified atom stereocenters. The molecule has 4 heteroatoms. The summed E-state index contributed by atoms with van der Waals surface area (Å²) in [5.41, 5.74) is -0.498. The van der Waals surface area contributed by atoms with Gasteiger partial charge in [0.2, 0.25) is 0 Å². The standard InChI is InChI=1S/C9H19NO3/c1-6(7(2)11)10-8(12)13-9(3,4)5/h6-7,11H,1-5H3,(H,10,12)/t6-,7+/m0/s1. The zero-order valence-electron chi connectivity index (χ0n) is 8.92. The van der Waals surface area contributed by atoms with E-state index in [4.69, 9.17) is 9.84 Å². The molecule has 13 heavy (non-hydrogen) atoms. The third-order valence-corrected chi connectivity index (χ3v) is 1.47. The molecule has 78 valence electrons. The molecule has 0 bridgehead atoms. The molecule has 0 saturated carbocycles. The topological polar surface area (TPSA) is 58.6 Å². The van der Waals surface area contributed by atoms with Crippen molar-refractivity contribution < 1.29 is 14.6 Å². The van der Waals surface area contributed by atoms with Crippen molar-refractivity contribution in [1.29, 1.82) is 0 Å². The Balaban J connectivity index is 3.89. The largest absolute Gasteiger partial charge is 0.444 e. The highest BCUT2D eigenvalue weighted by Crippen LogP contribution is 2.06. The summed E-state index contributed by atoms with van der Waals surface area (Å²) in [6.45, 7) is 8.70. The molecule has 0 radical (unpaired) electrons.